The largest absolute Gasteiger partial charge is 0.457 e. The topological polar surface area (TPSA) is 56.1 Å². The van der Waals surface area contributed by atoms with Gasteiger partial charge in [0.05, 0.1) is 10.0 Å². The van der Waals surface area contributed by atoms with Crippen LogP contribution in [0.4, 0.5) is 0 Å². The molecule has 1 atom stereocenters. The van der Waals surface area contributed by atoms with E-state index in [1.807, 2.05) is 39.3 Å². The standard InChI is InChI=1S/C18H19Cl2N5O/c1-11(24(2)3)14-9-12(18-21-22-23-25(18)4)5-8-17(14)26-13-6-7-15(19)16(20)10-13/h5-11H,1-4H3. The first-order valence-electron chi connectivity index (χ1n) is 8.03. The molecule has 6 nitrogen and oxygen atoms in total. The molecular formula is C18H19Cl2N5O. The molecule has 26 heavy (non-hydrogen) atoms. The van der Waals surface area contributed by atoms with Gasteiger partial charge in [-0.2, -0.15) is 0 Å². The third-order valence-electron chi connectivity index (χ3n) is 4.23. The Labute approximate surface area is 162 Å². The molecule has 3 rings (SSSR count). The second-order valence-corrected chi connectivity index (χ2v) is 7.01. The average molecular weight is 392 g/mol. The van der Waals surface area contributed by atoms with Crippen LogP contribution in [0.2, 0.25) is 10.0 Å². The lowest BCUT2D eigenvalue weighted by Crippen LogP contribution is -2.17. The first-order valence-corrected chi connectivity index (χ1v) is 8.78. The Morgan fingerprint density at radius 2 is 1.85 bits per heavy atom. The van der Waals surface area contributed by atoms with Crippen LogP contribution in [-0.4, -0.2) is 39.2 Å². The van der Waals surface area contributed by atoms with Crippen molar-refractivity contribution in [1.82, 2.24) is 25.1 Å². The summed E-state index contributed by atoms with van der Waals surface area (Å²) in [4.78, 5) is 2.11. The van der Waals surface area contributed by atoms with E-state index in [-0.39, 0.29) is 6.04 Å². The zero-order chi connectivity index (χ0) is 18.8. The van der Waals surface area contributed by atoms with Crippen molar-refractivity contribution in [2.75, 3.05) is 14.1 Å². The van der Waals surface area contributed by atoms with Gasteiger partial charge in [0.2, 0.25) is 0 Å². The molecule has 1 heterocycles. The third kappa shape index (κ3) is 3.82. The number of hydrogen-bond acceptors (Lipinski definition) is 5. The number of ether oxygens (including phenoxy) is 1. The molecule has 1 unspecified atom stereocenters. The van der Waals surface area contributed by atoms with Crippen LogP contribution in [0.15, 0.2) is 36.4 Å². The molecule has 1 aromatic heterocycles. The van der Waals surface area contributed by atoms with Crippen molar-refractivity contribution in [3.63, 3.8) is 0 Å². The van der Waals surface area contributed by atoms with Crippen LogP contribution in [0.1, 0.15) is 18.5 Å². The number of aromatic nitrogens is 4. The van der Waals surface area contributed by atoms with Gasteiger partial charge in [-0.25, -0.2) is 4.68 Å². The number of halogens is 2. The Morgan fingerprint density at radius 1 is 1.08 bits per heavy atom. The molecule has 0 radical (unpaired) electrons. The smallest absolute Gasteiger partial charge is 0.181 e. The number of tetrazole rings is 1. The fourth-order valence-corrected chi connectivity index (χ4v) is 2.81. The van der Waals surface area contributed by atoms with Gasteiger partial charge in [-0.15, -0.1) is 5.10 Å². The molecule has 8 heteroatoms. The predicted octanol–water partition coefficient (Wildman–Crippen LogP) is 4.60. The molecule has 0 bridgehead atoms. The predicted molar refractivity (Wildman–Crippen MR) is 103 cm³/mol. The molecule has 0 saturated carbocycles. The van der Waals surface area contributed by atoms with Crippen molar-refractivity contribution >= 4 is 23.2 Å². The van der Waals surface area contributed by atoms with Crippen molar-refractivity contribution in [1.29, 1.82) is 0 Å². The first kappa shape index (κ1) is 18.6. The van der Waals surface area contributed by atoms with Gasteiger partial charge >= 0.3 is 0 Å². The summed E-state index contributed by atoms with van der Waals surface area (Å²) < 4.78 is 7.73. The van der Waals surface area contributed by atoms with Crippen LogP contribution in [-0.2, 0) is 7.05 Å². The summed E-state index contributed by atoms with van der Waals surface area (Å²) in [5.41, 5.74) is 1.93. The lowest BCUT2D eigenvalue weighted by atomic mass is 10.0. The van der Waals surface area contributed by atoms with Crippen molar-refractivity contribution in [3.8, 4) is 22.9 Å². The summed E-state index contributed by atoms with van der Waals surface area (Å²) in [5.74, 6) is 2.06. The zero-order valence-electron chi connectivity index (χ0n) is 14.9. The van der Waals surface area contributed by atoms with Crippen molar-refractivity contribution in [2.24, 2.45) is 7.05 Å². The zero-order valence-corrected chi connectivity index (χ0v) is 16.5. The molecule has 0 spiro atoms. The quantitative estimate of drug-likeness (QED) is 0.635. The molecule has 0 amide bonds. The summed E-state index contributed by atoms with van der Waals surface area (Å²) in [6.07, 6.45) is 0. The van der Waals surface area contributed by atoms with Gasteiger partial charge in [0.15, 0.2) is 5.82 Å². The van der Waals surface area contributed by atoms with E-state index in [1.54, 1.807) is 22.9 Å². The highest BCUT2D eigenvalue weighted by Gasteiger charge is 2.18. The molecule has 0 fully saturated rings. The summed E-state index contributed by atoms with van der Waals surface area (Å²) in [5, 5.41) is 12.6. The van der Waals surface area contributed by atoms with E-state index in [1.165, 1.54) is 0 Å². The number of hydrogen-bond donors (Lipinski definition) is 0. The fraction of sp³-hybridized carbons (Fsp3) is 0.278. The molecule has 0 N–H and O–H groups in total. The van der Waals surface area contributed by atoms with E-state index in [0.29, 0.717) is 21.6 Å². The highest BCUT2D eigenvalue weighted by Crippen LogP contribution is 2.36. The Hall–Kier alpha value is -2.15. The fourth-order valence-electron chi connectivity index (χ4n) is 2.53. The van der Waals surface area contributed by atoms with E-state index in [0.717, 1.165) is 16.9 Å². The molecule has 2 aromatic carbocycles. The molecule has 3 aromatic rings. The van der Waals surface area contributed by atoms with Gasteiger partial charge in [-0.05, 0) is 61.8 Å². The minimum Gasteiger partial charge on any atom is -0.457 e. The van der Waals surface area contributed by atoms with Gasteiger partial charge < -0.3 is 9.64 Å². The van der Waals surface area contributed by atoms with Crippen molar-refractivity contribution < 1.29 is 4.74 Å². The maximum absolute atomic E-state index is 6.10. The lowest BCUT2D eigenvalue weighted by molar-refractivity contribution is 0.313. The number of benzene rings is 2. The van der Waals surface area contributed by atoms with Gasteiger partial charge in [0, 0.05) is 30.3 Å². The molecule has 136 valence electrons. The van der Waals surface area contributed by atoms with Gasteiger partial charge in [0.25, 0.3) is 0 Å². The third-order valence-corrected chi connectivity index (χ3v) is 4.97. The summed E-state index contributed by atoms with van der Waals surface area (Å²) >= 11 is 12.1. The normalized spacial score (nSPS) is 12.4. The number of aryl methyl sites for hydroxylation is 1. The van der Waals surface area contributed by atoms with Crippen LogP contribution in [0.5, 0.6) is 11.5 Å². The molecule has 0 aliphatic carbocycles. The molecular weight excluding hydrogens is 373 g/mol. The monoisotopic (exact) mass is 391 g/mol. The lowest BCUT2D eigenvalue weighted by Gasteiger charge is -2.23. The SMILES string of the molecule is CC(c1cc(-c2nnnn2C)ccc1Oc1ccc(Cl)c(Cl)c1)N(C)C. The van der Waals surface area contributed by atoms with E-state index in [2.05, 4.69) is 27.3 Å². The van der Waals surface area contributed by atoms with E-state index in [4.69, 9.17) is 27.9 Å². The highest BCUT2D eigenvalue weighted by atomic mass is 35.5. The van der Waals surface area contributed by atoms with Crippen LogP contribution < -0.4 is 4.74 Å². The van der Waals surface area contributed by atoms with Gasteiger partial charge in [-0.1, -0.05) is 23.2 Å². The summed E-state index contributed by atoms with van der Waals surface area (Å²) in [7, 11) is 5.85. The first-order chi connectivity index (χ1) is 12.4. The highest BCUT2D eigenvalue weighted by molar-refractivity contribution is 6.42. The minimum absolute atomic E-state index is 0.119. The Morgan fingerprint density at radius 3 is 2.46 bits per heavy atom. The van der Waals surface area contributed by atoms with Crippen molar-refractivity contribution in [3.05, 3.63) is 52.0 Å². The summed E-state index contributed by atoms with van der Waals surface area (Å²) in [6.45, 7) is 2.11. The second kappa shape index (κ2) is 7.61. The Balaban J connectivity index is 2.03. The van der Waals surface area contributed by atoms with Crippen LogP contribution in [0, 0.1) is 0 Å². The number of nitrogens with zero attached hydrogens (tertiary/aromatic N) is 5. The van der Waals surface area contributed by atoms with Crippen LogP contribution >= 0.6 is 23.2 Å². The molecule has 0 aliphatic rings. The molecule has 0 saturated heterocycles. The minimum atomic E-state index is 0.119. The van der Waals surface area contributed by atoms with Gasteiger partial charge in [0.1, 0.15) is 11.5 Å². The van der Waals surface area contributed by atoms with E-state index < -0.39 is 0 Å². The van der Waals surface area contributed by atoms with Gasteiger partial charge in [-0.3, -0.25) is 0 Å². The Bertz CT molecular complexity index is 926. The maximum atomic E-state index is 6.10. The second-order valence-electron chi connectivity index (χ2n) is 6.20. The van der Waals surface area contributed by atoms with Crippen LogP contribution in [0.3, 0.4) is 0 Å². The Kier molecular flexibility index (Phi) is 5.46. The van der Waals surface area contributed by atoms with Crippen molar-refractivity contribution in [2.45, 2.75) is 13.0 Å². The summed E-state index contributed by atoms with van der Waals surface area (Å²) in [6, 6.07) is 11.2. The maximum Gasteiger partial charge on any atom is 0.181 e. The van der Waals surface area contributed by atoms with E-state index in [9.17, 15) is 0 Å². The average Bonchev–Trinajstić information content (AvgIpc) is 3.04. The molecule has 0 aliphatic heterocycles. The van der Waals surface area contributed by atoms with E-state index >= 15 is 0 Å². The number of rotatable bonds is 5. The van der Waals surface area contributed by atoms with Crippen LogP contribution in [0.25, 0.3) is 11.4 Å².